The van der Waals surface area contributed by atoms with Gasteiger partial charge in [-0.15, -0.1) is 0 Å². The van der Waals surface area contributed by atoms with Gasteiger partial charge in [-0.1, -0.05) is 29.8 Å². The lowest BCUT2D eigenvalue weighted by molar-refractivity contribution is -0.124. The monoisotopic (exact) mass is 364 g/mol. The molecule has 0 saturated carbocycles. The molecule has 0 bridgehead atoms. The summed E-state index contributed by atoms with van der Waals surface area (Å²) in [7, 11) is 0. The summed E-state index contributed by atoms with van der Waals surface area (Å²) < 4.78 is 5.51. The summed E-state index contributed by atoms with van der Waals surface area (Å²) in [6.07, 6.45) is -2.75. The first kappa shape index (κ1) is 18.5. The molecule has 1 aromatic carbocycles. The van der Waals surface area contributed by atoms with Crippen molar-refractivity contribution in [1.82, 2.24) is 9.80 Å². The summed E-state index contributed by atoms with van der Waals surface area (Å²) in [4.78, 5) is 15.2. The van der Waals surface area contributed by atoms with Crippen molar-refractivity contribution in [1.29, 1.82) is 0 Å². The molecule has 0 spiro atoms. The summed E-state index contributed by atoms with van der Waals surface area (Å²) in [5.41, 5.74) is 13.4. The highest BCUT2D eigenvalue weighted by molar-refractivity contribution is 5.81. The van der Waals surface area contributed by atoms with Gasteiger partial charge in [0.25, 0.3) is 0 Å². The molecule has 1 aromatic rings. The molecular weight excluding hydrogens is 340 g/mol. The van der Waals surface area contributed by atoms with Crippen LogP contribution in [0.2, 0.25) is 0 Å². The van der Waals surface area contributed by atoms with Crippen LogP contribution in [0, 0.1) is 6.92 Å². The number of nitrogens with zero attached hydrogens (tertiary/aromatic N) is 2. The van der Waals surface area contributed by atoms with Crippen molar-refractivity contribution in [2.24, 2.45) is 11.5 Å². The minimum atomic E-state index is -1.24. The number of benzene rings is 1. The van der Waals surface area contributed by atoms with Crippen molar-refractivity contribution in [3.63, 3.8) is 0 Å². The number of carbonyl (C=O) groups is 1. The molecule has 1 unspecified atom stereocenters. The fraction of sp³-hybridized carbons (Fsp3) is 0.471. The maximum atomic E-state index is 12.1. The molecule has 3 rings (SSSR count). The van der Waals surface area contributed by atoms with Gasteiger partial charge in [0.2, 0.25) is 5.91 Å². The van der Waals surface area contributed by atoms with Crippen molar-refractivity contribution in [3.8, 4) is 0 Å². The Morgan fingerprint density at radius 2 is 1.96 bits per heavy atom. The lowest BCUT2D eigenvalue weighted by Crippen LogP contribution is -2.46. The van der Waals surface area contributed by atoms with E-state index in [0.29, 0.717) is 0 Å². The van der Waals surface area contributed by atoms with Crippen LogP contribution in [0.5, 0.6) is 0 Å². The normalized spacial score (nSPS) is 29.8. The van der Waals surface area contributed by atoms with Crippen molar-refractivity contribution in [2.45, 2.75) is 37.5 Å². The van der Waals surface area contributed by atoms with E-state index in [0.717, 1.165) is 11.1 Å². The van der Waals surface area contributed by atoms with Crippen LogP contribution < -0.4 is 11.5 Å². The van der Waals surface area contributed by atoms with Crippen LogP contribution in [-0.4, -0.2) is 68.8 Å². The van der Waals surface area contributed by atoms with Crippen LogP contribution in [0.15, 0.2) is 36.3 Å². The average Bonchev–Trinajstić information content (AvgIpc) is 3.10. The molecule has 0 aliphatic carbocycles. The van der Waals surface area contributed by atoms with E-state index in [1.54, 1.807) is 11.1 Å². The molecule has 2 heterocycles. The van der Waals surface area contributed by atoms with Crippen LogP contribution >= 0.6 is 0 Å². The van der Waals surface area contributed by atoms with Crippen LogP contribution in [0.25, 0.3) is 0 Å². The molecule has 9 heteroatoms. The lowest BCUT2D eigenvalue weighted by atomic mass is 10.0. The van der Waals surface area contributed by atoms with E-state index in [9.17, 15) is 20.1 Å². The standard InChI is InChI=1S/C17H24N4O5/c1-9-2-4-10(5-3-9)13(16(19)25)20-6-12(18)21(8-20)17-15(24)14(23)11(7-22)26-17/h2-6,11,13-15,17,22-24H,7-8,18H2,1H3,(H2,19,25)/t11-,13?,14-,15-,17-/m1/s1. The van der Waals surface area contributed by atoms with Gasteiger partial charge in [-0.05, 0) is 12.5 Å². The third-order valence-electron chi connectivity index (χ3n) is 4.76. The van der Waals surface area contributed by atoms with E-state index in [4.69, 9.17) is 16.2 Å². The predicted octanol–water partition coefficient (Wildman–Crippen LogP) is -1.71. The Hall–Kier alpha value is -2.33. The molecule has 1 saturated heterocycles. The summed E-state index contributed by atoms with van der Waals surface area (Å²) >= 11 is 0. The molecule has 7 N–H and O–H groups in total. The molecule has 2 aliphatic rings. The SMILES string of the molecule is Cc1ccc(C(C(N)=O)N2C=C(N)N([C@@H]3O[C@H](CO)[C@@H](O)[C@H]3O)C2)cc1. The molecule has 0 aromatic heterocycles. The lowest BCUT2D eigenvalue weighted by Gasteiger charge is -2.32. The van der Waals surface area contributed by atoms with Crippen LogP contribution in [0.3, 0.4) is 0 Å². The molecule has 142 valence electrons. The molecule has 0 radical (unpaired) electrons. The number of aliphatic hydroxyl groups is 3. The highest BCUT2D eigenvalue weighted by Gasteiger charge is 2.47. The summed E-state index contributed by atoms with van der Waals surface area (Å²) in [5, 5.41) is 29.4. The van der Waals surface area contributed by atoms with Gasteiger partial charge in [0, 0.05) is 6.20 Å². The van der Waals surface area contributed by atoms with Crippen molar-refractivity contribution in [3.05, 3.63) is 47.4 Å². The fourth-order valence-electron chi connectivity index (χ4n) is 3.33. The highest BCUT2D eigenvalue weighted by atomic mass is 16.6. The first-order valence-electron chi connectivity index (χ1n) is 8.31. The van der Waals surface area contributed by atoms with E-state index in [-0.39, 0.29) is 12.5 Å². The topological polar surface area (TPSA) is 146 Å². The number of carbonyl (C=O) groups excluding carboxylic acids is 1. The highest BCUT2D eigenvalue weighted by Crippen LogP contribution is 2.32. The number of hydrogen-bond acceptors (Lipinski definition) is 8. The Balaban J connectivity index is 1.81. The van der Waals surface area contributed by atoms with Gasteiger partial charge in [-0.3, -0.25) is 4.79 Å². The smallest absolute Gasteiger partial charge is 0.244 e. The largest absolute Gasteiger partial charge is 0.394 e. The predicted molar refractivity (Wildman–Crippen MR) is 91.7 cm³/mol. The Kier molecular flexibility index (Phi) is 5.05. The Labute approximate surface area is 151 Å². The number of rotatable bonds is 5. The number of aryl methyl sites for hydroxylation is 1. The van der Waals surface area contributed by atoms with Gasteiger partial charge < -0.3 is 41.3 Å². The van der Waals surface area contributed by atoms with E-state index in [1.165, 1.54) is 4.90 Å². The molecule has 1 fully saturated rings. The molecular formula is C17H24N4O5. The minimum Gasteiger partial charge on any atom is -0.394 e. The zero-order valence-electron chi connectivity index (χ0n) is 14.4. The van der Waals surface area contributed by atoms with E-state index in [1.807, 2.05) is 31.2 Å². The van der Waals surface area contributed by atoms with Gasteiger partial charge in [0.05, 0.1) is 13.3 Å². The summed E-state index contributed by atoms with van der Waals surface area (Å²) in [6, 6.07) is 6.68. The van der Waals surface area contributed by atoms with Gasteiger partial charge in [0.1, 0.15) is 30.2 Å². The first-order chi connectivity index (χ1) is 12.3. The average molecular weight is 364 g/mol. The second kappa shape index (κ2) is 7.12. The number of primary amides is 1. The van der Waals surface area contributed by atoms with Crippen LogP contribution in [0.4, 0.5) is 0 Å². The number of nitrogens with two attached hydrogens (primary N) is 2. The van der Waals surface area contributed by atoms with E-state index in [2.05, 4.69) is 0 Å². The summed E-state index contributed by atoms with van der Waals surface area (Å²) in [5.74, 6) is -0.279. The van der Waals surface area contributed by atoms with Gasteiger partial charge in [-0.25, -0.2) is 0 Å². The van der Waals surface area contributed by atoms with E-state index >= 15 is 0 Å². The molecule has 9 nitrogen and oxygen atoms in total. The number of amides is 1. The van der Waals surface area contributed by atoms with Gasteiger partial charge in [0.15, 0.2) is 6.23 Å². The third-order valence-corrected chi connectivity index (χ3v) is 4.76. The number of ether oxygens (including phenoxy) is 1. The van der Waals surface area contributed by atoms with Gasteiger partial charge in [-0.2, -0.15) is 0 Å². The first-order valence-corrected chi connectivity index (χ1v) is 8.31. The quantitative estimate of drug-likeness (QED) is 0.415. The molecule has 5 atom stereocenters. The fourth-order valence-corrected chi connectivity index (χ4v) is 3.33. The number of aliphatic hydroxyl groups excluding tert-OH is 3. The molecule has 2 aliphatic heterocycles. The zero-order valence-corrected chi connectivity index (χ0v) is 14.4. The maximum absolute atomic E-state index is 12.1. The maximum Gasteiger partial charge on any atom is 0.244 e. The van der Waals surface area contributed by atoms with Crippen molar-refractivity contribution < 1.29 is 24.9 Å². The molecule has 26 heavy (non-hydrogen) atoms. The van der Waals surface area contributed by atoms with Crippen molar-refractivity contribution in [2.75, 3.05) is 13.3 Å². The number of hydrogen-bond donors (Lipinski definition) is 5. The second-order valence-corrected chi connectivity index (χ2v) is 6.62. The zero-order chi connectivity index (χ0) is 19.0. The molecule has 1 amide bonds. The second-order valence-electron chi connectivity index (χ2n) is 6.62. The summed E-state index contributed by atoms with van der Waals surface area (Å²) in [6.45, 7) is 1.66. The van der Waals surface area contributed by atoms with E-state index < -0.39 is 43.1 Å². The van der Waals surface area contributed by atoms with Crippen LogP contribution in [-0.2, 0) is 9.53 Å². The third kappa shape index (κ3) is 3.21. The van der Waals surface area contributed by atoms with Gasteiger partial charge >= 0.3 is 0 Å². The Morgan fingerprint density at radius 3 is 2.50 bits per heavy atom. The minimum absolute atomic E-state index is 0.139. The Morgan fingerprint density at radius 1 is 1.31 bits per heavy atom. The Bertz CT molecular complexity index is 695. The van der Waals surface area contributed by atoms with Crippen LogP contribution in [0.1, 0.15) is 17.2 Å². The van der Waals surface area contributed by atoms with Crippen molar-refractivity contribution >= 4 is 5.91 Å².